The Hall–Kier alpha value is -8.58. The summed E-state index contributed by atoms with van der Waals surface area (Å²) in [6, 6.07) is 84.1. The zero-order valence-corrected chi connectivity index (χ0v) is 41.8. The zero-order valence-electron chi connectivity index (χ0n) is 41.8. The third-order valence-electron chi connectivity index (χ3n) is 15.2. The van der Waals surface area contributed by atoms with E-state index < -0.39 is 0 Å². The van der Waals surface area contributed by atoms with Gasteiger partial charge in [-0.25, -0.2) is 0 Å². The molecule has 0 aliphatic carbocycles. The Balaban J connectivity index is 1.33. The molecule has 0 atom stereocenters. The van der Waals surface area contributed by atoms with E-state index in [0.717, 1.165) is 0 Å². The maximum Gasteiger partial charge on any atom is -0.00136 e. The van der Waals surface area contributed by atoms with E-state index in [1.165, 1.54) is 165 Å². The van der Waals surface area contributed by atoms with Crippen LogP contribution in [0.25, 0.3) is 131 Å². The van der Waals surface area contributed by atoms with Crippen LogP contribution >= 0.6 is 0 Å². The minimum absolute atomic E-state index is 1.18. The number of aryl methyl sites for hydroxylation is 6. The molecular weight excluding hydrogens is 865 g/mol. The summed E-state index contributed by atoms with van der Waals surface area (Å²) in [4.78, 5) is 0. The Bertz CT molecular complexity index is 3640. The van der Waals surface area contributed by atoms with Gasteiger partial charge in [0.2, 0.25) is 0 Å². The molecule has 13 aromatic rings. The molecule has 13 rings (SSSR count). The van der Waals surface area contributed by atoms with Crippen molar-refractivity contribution < 1.29 is 0 Å². The Morgan fingerprint density at radius 1 is 0.139 bits per heavy atom. The van der Waals surface area contributed by atoms with Crippen molar-refractivity contribution in [3.05, 3.63) is 252 Å². The Morgan fingerprint density at radius 3 is 0.431 bits per heavy atom. The number of hydrogen-bond donors (Lipinski definition) is 0. The fraction of sp³-hybridized carbons (Fsp3) is 0.0833. The fourth-order valence-corrected chi connectivity index (χ4v) is 11.6. The van der Waals surface area contributed by atoms with Gasteiger partial charge in [0, 0.05) is 0 Å². The number of benzene rings is 13. The molecule has 0 aromatic heterocycles. The largest absolute Gasteiger partial charge is 0.0587 e. The van der Waals surface area contributed by atoms with E-state index >= 15 is 0 Å². The first-order valence-electron chi connectivity index (χ1n) is 25.4. The van der Waals surface area contributed by atoms with Gasteiger partial charge in [0.05, 0.1) is 0 Å². The van der Waals surface area contributed by atoms with Crippen LogP contribution in [0.2, 0.25) is 0 Å². The van der Waals surface area contributed by atoms with Gasteiger partial charge in [-0.1, -0.05) is 215 Å². The van der Waals surface area contributed by atoms with Crippen LogP contribution in [-0.2, 0) is 0 Å². The van der Waals surface area contributed by atoms with Crippen LogP contribution < -0.4 is 0 Å². The van der Waals surface area contributed by atoms with Crippen LogP contribution in [0.5, 0.6) is 0 Å². The molecule has 0 spiro atoms. The van der Waals surface area contributed by atoms with E-state index in [1.807, 2.05) is 0 Å². The van der Waals surface area contributed by atoms with Crippen LogP contribution in [0.4, 0.5) is 0 Å². The third kappa shape index (κ3) is 7.63. The van der Waals surface area contributed by atoms with Gasteiger partial charge in [-0.05, 0) is 209 Å². The molecule has 0 saturated heterocycles. The van der Waals surface area contributed by atoms with Crippen molar-refractivity contribution in [2.24, 2.45) is 0 Å². The van der Waals surface area contributed by atoms with Crippen molar-refractivity contribution in [2.75, 3.05) is 0 Å². The van der Waals surface area contributed by atoms with Gasteiger partial charge in [-0.3, -0.25) is 0 Å². The normalized spacial score (nSPS) is 11.8. The highest BCUT2D eigenvalue weighted by Gasteiger charge is 2.30. The van der Waals surface area contributed by atoms with Crippen LogP contribution in [0, 0.1) is 41.5 Å². The first-order chi connectivity index (χ1) is 35.1. The molecule has 0 saturated carbocycles. The second kappa shape index (κ2) is 17.1. The predicted octanol–water partition coefficient (Wildman–Crippen LogP) is 20.5. The molecular formula is C72H54. The molecule has 0 aliphatic heterocycles. The van der Waals surface area contributed by atoms with Crippen LogP contribution in [0.3, 0.4) is 0 Å². The van der Waals surface area contributed by atoms with E-state index in [0.29, 0.717) is 0 Å². The van der Waals surface area contributed by atoms with Crippen molar-refractivity contribution in [3.8, 4) is 66.8 Å². The highest BCUT2D eigenvalue weighted by atomic mass is 14.3. The standard InChI is InChI=1S/C72H54/c1-43-7-13-49-19-25-55(37-61(49)31-43)67-68(56-26-20-50-14-8-44(2)32-62(50)38-56)70(58-28-22-52-16-10-46(4)34-64(52)40-58)72(60-30-24-54-18-12-48(6)36-66(54)42-60)71(59-29-23-53-17-11-47(5)35-65(53)41-59)69(67)57-27-21-51-15-9-45(3)33-63(51)39-57/h7-42H,1-6H3. The Labute approximate surface area is 422 Å². The second-order valence-electron chi connectivity index (χ2n) is 20.6. The minimum Gasteiger partial charge on any atom is -0.0587 e. The van der Waals surface area contributed by atoms with Crippen molar-refractivity contribution in [3.63, 3.8) is 0 Å². The lowest BCUT2D eigenvalue weighted by Gasteiger charge is -2.29. The predicted molar refractivity (Wildman–Crippen MR) is 313 cm³/mol. The summed E-state index contributed by atoms with van der Waals surface area (Å²) in [7, 11) is 0. The molecule has 0 N–H and O–H groups in total. The van der Waals surface area contributed by atoms with Crippen LogP contribution in [0.15, 0.2) is 218 Å². The molecule has 0 aliphatic rings. The molecule has 0 nitrogen and oxygen atoms in total. The Morgan fingerprint density at radius 2 is 0.278 bits per heavy atom. The van der Waals surface area contributed by atoms with Gasteiger partial charge in [-0.15, -0.1) is 0 Å². The van der Waals surface area contributed by atoms with E-state index in [4.69, 9.17) is 0 Å². The quantitative estimate of drug-likeness (QED) is 0.156. The molecule has 0 radical (unpaired) electrons. The summed E-state index contributed by atoms with van der Waals surface area (Å²) in [5, 5.41) is 14.8. The van der Waals surface area contributed by atoms with E-state index in [-0.39, 0.29) is 0 Å². The average Bonchev–Trinajstić information content (AvgIpc) is 3.38. The first-order valence-corrected chi connectivity index (χ1v) is 25.4. The number of rotatable bonds is 6. The molecule has 0 unspecified atom stereocenters. The van der Waals surface area contributed by atoms with E-state index in [9.17, 15) is 0 Å². The summed E-state index contributed by atoms with van der Waals surface area (Å²) in [5.41, 5.74) is 21.9. The van der Waals surface area contributed by atoms with Gasteiger partial charge in [0.25, 0.3) is 0 Å². The molecule has 0 heterocycles. The molecule has 72 heavy (non-hydrogen) atoms. The summed E-state index contributed by atoms with van der Waals surface area (Å²) < 4.78 is 0. The lowest BCUT2D eigenvalue weighted by Crippen LogP contribution is -2.02. The SMILES string of the molecule is Cc1ccc2ccc(-c3c(-c4ccc5ccc(C)cc5c4)c(-c4ccc5ccc(C)cc5c4)c(-c4ccc5ccc(C)cc5c4)c(-c4ccc5ccc(C)cc5c4)c3-c3ccc4ccc(C)cc4c3)cc2c1. The van der Waals surface area contributed by atoms with Gasteiger partial charge >= 0.3 is 0 Å². The summed E-state index contributed by atoms with van der Waals surface area (Å²) in [6.45, 7) is 13.2. The highest BCUT2D eigenvalue weighted by molar-refractivity contribution is 6.18. The average molecular weight is 919 g/mol. The molecule has 0 amide bonds. The van der Waals surface area contributed by atoms with Crippen molar-refractivity contribution in [1.29, 1.82) is 0 Å². The molecule has 0 heteroatoms. The number of hydrogen-bond acceptors (Lipinski definition) is 0. The number of fused-ring (bicyclic) bond motifs is 6. The second-order valence-corrected chi connectivity index (χ2v) is 20.6. The third-order valence-corrected chi connectivity index (χ3v) is 15.2. The summed E-state index contributed by atoms with van der Waals surface area (Å²) in [5.74, 6) is 0. The lowest BCUT2D eigenvalue weighted by molar-refractivity contribution is 1.49. The van der Waals surface area contributed by atoms with Crippen LogP contribution in [-0.4, -0.2) is 0 Å². The monoisotopic (exact) mass is 918 g/mol. The van der Waals surface area contributed by atoms with E-state index in [1.54, 1.807) is 0 Å². The van der Waals surface area contributed by atoms with Crippen molar-refractivity contribution in [2.45, 2.75) is 41.5 Å². The Kier molecular flexibility index (Phi) is 10.3. The molecule has 13 aromatic carbocycles. The van der Waals surface area contributed by atoms with Crippen molar-refractivity contribution >= 4 is 64.6 Å². The smallest absolute Gasteiger partial charge is 0.00136 e. The first kappa shape index (κ1) is 43.4. The van der Waals surface area contributed by atoms with Crippen molar-refractivity contribution in [1.82, 2.24) is 0 Å². The van der Waals surface area contributed by atoms with Gasteiger partial charge in [-0.2, -0.15) is 0 Å². The van der Waals surface area contributed by atoms with E-state index in [2.05, 4.69) is 260 Å². The fourth-order valence-electron chi connectivity index (χ4n) is 11.6. The summed E-state index contributed by atoms with van der Waals surface area (Å²) in [6.07, 6.45) is 0. The highest BCUT2D eigenvalue weighted by Crippen LogP contribution is 2.57. The maximum absolute atomic E-state index is 2.46. The zero-order chi connectivity index (χ0) is 48.8. The minimum atomic E-state index is 1.18. The lowest BCUT2D eigenvalue weighted by atomic mass is 9.73. The van der Waals surface area contributed by atoms with Crippen LogP contribution in [0.1, 0.15) is 33.4 Å². The molecule has 0 bridgehead atoms. The molecule has 342 valence electrons. The van der Waals surface area contributed by atoms with Gasteiger partial charge in [0.1, 0.15) is 0 Å². The topological polar surface area (TPSA) is 0 Å². The molecule has 0 fully saturated rings. The van der Waals surface area contributed by atoms with Gasteiger partial charge < -0.3 is 0 Å². The van der Waals surface area contributed by atoms with Gasteiger partial charge in [0.15, 0.2) is 0 Å². The summed E-state index contributed by atoms with van der Waals surface area (Å²) >= 11 is 0. The maximum atomic E-state index is 2.46.